The largest absolute Gasteiger partial charge is 0.219 e. The Bertz CT molecular complexity index is 537. The third-order valence-electron chi connectivity index (χ3n) is 2.20. The summed E-state index contributed by atoms with van der Waals surface area (Å²) >= 11 is 0. The molecule has 2 nitrogen and oxygen atoms in total. The summed E-state index contributed by atoms with van der Waals surface area (Å²) in [7, 11) is -3.72. The molecule has 0 atom stereocenters. The Balaban J connectivity index is 2.97. The van der Waals surface area contributed by atoms with Crippen molar-refractivity contribution in [2.24, 2.45) is 0 Å². The molecule has 5 heteroatoms. The van der Waals surface area contributed by atoms with E-state index in [1.807, 2.05) is 0 Å². The lowest BCUT2D eigenvalue weighted by Gasteiger charge is -2.11. The monoisotopic (exact) mass is 258 g/mol. The fraction of sp³-hybridized carbons (Fsp3) is 0.167. The smallest absolute Gasteiger partial charge is 0.202 e. The maximum absolute atomic E-state index is 12.7. The molecule has 0 heterocycles. The van der Waals surface area contributed by atoms with Crippen molar-refractivity contribution in [1.82, 2.24) is 0 Å². The van der Waals surface area contributed by atoms with Crippen LogP contribution < -0.4 is 0 Å². The third kappa shape index (κ3) is 3.49. The Morgan fingerprint density at radius 3 is 2.35 bits per heavy atom. The fourth-order valence-electron chi connectivity index (χ4n) is 1.26. The van der Waals surface area contributed by atoms with Crippen LogP contribution in [0.15, 0.2) is 58.9 Å². The van der Waals surface area contributed by atoms with E-state index in [1.165, 1.54) is 6.08 Å². The van der Waals surface area contributed by atoms with Gasteiger partial charge in [-0.15, -0.1) is 0 Å². The highest BCUT2D eigenvalue weighted by molar-refractivity contribution is 7.99. The predicted molar refractivity (Wildman–Crippen MR) is 64.0 cm³/mol. The summed E-state index contributed by atoms with van der Waals surface area (Å²) < 4.78 is 48.8. The van der Waals surface area contributed by atoms with Crippen LogP contribution in [0.1, 0.15) is 12.8 Å². The zero-order chi connectivity index (χ0) is 13.1. The van der Waals surface area contributed by atoms with E-state index in [9.17, 15) is 17.2 Å². The first-order valence-corrected chi connectivity index (χ1v) is 6.34. The van der Waals surface area contributed by atoms with Crippen molar-refractivity contribution < 1.29 is 17.2 Å². The zero-order valence-corrected chi connectivity index (χ0v) is 9.93. The topological polar surface area (TPSA) is 34.1 Å². The molecular formula is C12H12F2O2S. The molecule has 0 unspecified atom stereocenters. The van der Waals surface area contributed by atoms with Gasteiger partial charge in [-0.1, -0.05) is 13.2 Å². The minimum absolute atomic E-state index is 0.0534. The molecule has 17 heavy (non-hydrogen) atoms. The van der Waals surface area contributed by atoms with Crippen LogP contribution in [0.4, 0.5) is 8.78 Å². The standard InChI is InChI=1S/C12H12F2O2S/c1-9(13)3-4-10(2)17(15,16)12-7-5-11(14)6-8-12/h3-5,7H,1-2,6,8H2/b4-3-. The van der Waals surface area contributed by atoms with Crippen LogP contribution in [0, 0.1) is 0 Å². The summed E-state index contributed by atoms with van der Waals surface area (Å²) in [6.45, 7) is 6.32. The van der Waals surface area contributed by atoms with E-state index in [0.29, 0.717) is 0 Å². The molecular weight excluding hydrogens is 246 g/mol. The van der Waals surface area contributed by atoms with E-state index in [0.717, 1.165) is 18.2 Å². The molecule has 1 rings (SSSR count). The van der Waals surface area contributed by atoms with Crippen molar-refractivity contribution in [2.45, 2.75) is 12.8 Å². The average Bonchev–Trinajstić information content (AvgIpc) is 2.26. The first-order valence-electron chi connectivity index (χ1n) is 4.86. The molecule has 0 aliphatic heterocycles. The van der Waals surface area contributed by atoms with E-state index in [2.05, 4.69) is 13.2 Å². The van der Waals surface area contributed by atoms with Gasteiger partial charge in [-0.25, -0.2) is 17.2 Å². The van der Waals surface area contributed by atoms with Crippen molar-refractivity contribution in [3.8, 4) is 0 Å². The number of allylic oxidation sites excluding steroid dienone is 7. The number of hydrogen-bond acceptors (Lipinski definition) is 2. The molecule has 0 aromatic carbocycles. The van der Waals surface area contributed by atoms with Crippen LogP contribution in [0.3, 0.4) is 0 Å². The van der Waals surface area contributed by atoms with Gasteiger partial charge < -0.3 is 0 Å². The SMILES string of the molecule is C=C(F)/C=C\C(=C)S(=O)(=O)C1=CC=C(F)CC1. The highest BCUT2D eigenvalue weighted by Crippen LogP contribution is 2.27. The van der Waals surface area contributed by atoms with Gasteiger partial charge in [-0.05, 0) is 30.7 Å². The van der Waals surface area contributed by atoms with Crippen LogP contribution in [0.5, 0.6) is 0 Å². The molecule has 0 N–H and O–H groups in total. The quantitative estimate of drug-likeness (QED) is 0.723. The first kappa shape index (κ1) is 13.6. The summed E-state index contributed by atoms with van der Waals surface area (Å²) in [5.74, 6) is -1.12. The third-order valence-corrected chi connectivity index (χ3v) is 4.06. The normalized spacial score (nSPS) is 16.6. The van der Waals surface area contributed by atoms with Gasteiger partial charge in [-0.2, -0.15) is 0 Å². The molecule has 92 valence electrons. The molecule has 0 bridgehead atoms. The maximum atomic E-state index is 12.7. The van der Waals surface area contributed by atoms with Gasteiger partial charge in [0.15, 0.2) is 0 Å². The van der Waals surface area contributed by atoms with Gasteiger partial charge in [0.25, 0.3) is 0 Å². The molecule has 0 amide bonds. The number of halogens is 2. The molecule has 1 aliphatic rings. The first-order chi connectivity index (χ1) is 7.84. The second-order valence-corrected chi connectivity index (χ2v) is 5.55. The van der Waals surface area contributed by atoms with Crippen LogP contribution in [-0.2, 0) is 9.84 Å². The van der Waals surface area contributed by atoms with E-state index >= 15 is 0 Å². The van der Waals surface area contributed by atoms with Crippen LogP contribution >= 0.6 is 0 Å². The second-order valence-electron chi connectivity index (χ2n) is 3.50. The molecule has 0 aromatic rings. The van der Waals surface area contributed by atoms with Crippen molar-refractivity contribution >= 4 is 9.84 Å². The lowest BCUT2D eigenvalue weighted by atomic mass is 10.2. The van der Waals surface area contributed by atoms with Crippen LogP contribution in [0.25, 0.3) is 0 Å². The number of sulfone groups is 1. The number of hydrogen-bond donors (Lipinski definition) is 0. The summed E-state index contributed by atoms with van der Waals surface area (Å²) in [6.07, 6.45) is 4.41. The Morgan fingerprint density at radius 2 is 1.88 bits per heavy atom. The van der Waals surface area contributed by atoms with E-state index in [-0.39, 0.29) is 28.5 Å². The van der Waals surface area contributed by atoms with Gasteiger partial charge >= 0.3 is 0 Å². The second kappa shape index (κ2) is 5.23. The molecule has 0 fully saturated rings. The lowest BCUT2D eigenvalue weighted by molar-refractivity contribution is 0.579. The predicted octanol–water partition coefficient (Wildman–Crippen LogP) is 3.49. The van der Waals surface area contributed by atoms with Gasteiger partial charge in [0.05, 0.1) is 4.91 Å². The minimum Gasteiger partial charge on any atom is -0.219 e. The van der Waals surface area contributed by atoms with Crippen molar-refractivity contribution in [3.05, 3.63) is 58.9 Å². The van der Waals surface area contributed by atoms with E-state index in [4.69, 9.17) is 0 Å². The molecule has 1 aliphatic carbocycles. The Kier molecular flexibility index (Phi) is 4.17. The zero-order valence-electron chi connectivity index (χ0n) is 9.12. The molecule has 0 saturated carbocycles. The maximum Gasteiger partial charge on any atom is 0.202 e. The Hall–Kier alpha value is -1.49. The van der Waals surface area contributed by atoms with Crippen molar-refractivity contribution in [2.75, 3.05) is 0 Å². The van der Waals surface area contributed by atoms with Crippen LogP contribution in [-0.4, -0.2) is 8.42 Å². The van der Waals surface area contributed by atoms with Gasteiger partial charge in [0.1, 0.15) is 11.7 Å². The van der Waals surface area contributed by atoms with Gasteiger partial charge in [-0.3, -0.25) is 0 Å². The molecule has 0 spiro atoms. The van der Waals surface area contributed by atoms with Crippen LogP contribution in [0.2, 0.25) is 0 Å². The number of rotatable bonds is 4. The Morgan fingerprint density at radius 1 is 1.24 bits per heavy atom. The summed E-state index contributed by atoms with van der Waals surface area (Å²) in [4.78, 5) is -0.156. The highest BCUT2D eigenvalue weighted by Gasteiger charge is 2.21. The fourth-order valence-corrected chi connectivity index (χ4v) is 2.46. The van der Waals surface area contributed by atoms with Gasteiger partial charge in [0, 0.05) is 11.3 Å². The van der Waals surface area contributed by atoms with Gasteiger partial charge in [0.2, 0.25) is 9.84 Å². The summed E-state index contributed by atoms with van der Waals surface area (Å²) in [5, 5.41) is 0. The average molecular weight is 258 g/mol. The minimum atomic E-state index is -3.72. The van der Waals surface area contributed by atoms with Crippen molar-refractivity contribution in [1.29, 1.82) is 0 Å². The van der Waals surface area contributed by atoms with E-state index in [1.54, 1.807) is 0 Å². The molecule has 0 radical (unpaired) electrons. The highest BCUT2D eigenvalue weighted by atomic mass is 32.2. The van der Waals surface area contributed by atoms with E-state index < -0.39 is 15.7 Å². The lowest BCUT2D eigenvalue weighted by Crippen LogP contribution is -2.07. The summed E-state index contributed by atoms with van der Waals surface area (Å²) in [6, 6.07) is 0. The Labute approximate surface area is 99.3 Å². The molecule has 0 saturated heterocycles. The van der Waals surface area contributed by atoms with Crippen molar-refractivity contribution in [3.63, 3.8) is 0 Å². The molecule has 0 aromatic heterocycles. The summed E-state index contributed by atoms with van der Waals surface area (Å²) in [5.41, 5.74) is 0.